The van der Waals surface area contributed by atoms with E-state index in [4.69, 9.17) is 4.74 Å². The standard InChI is InChI=1S/C13H15N5O2/c1-8(2)6-17-9-4-5-10(20-3)16-11(9)18-12(13(17)19)14-7-15-18/h4-5,7-8H,6H2,1-3H3. The Morgan fingerprint density at radius 2 is 2.10 bits per heavy atom. The van der Waals surface area contributed by atoms with E-state index in [1.807, 2.05) is 6.07 Å². The van der Waals surface area contributed by atoms with Gasteiger partial charge >= 0.3 is 0 Å². The van der Waals surface area contributed by atoms with Gasteiger partial charge in [0.15, 0.2) is 5.65 Å². The Morgan fingerprint density at radius 3 is 2.80 bits per heavy atom. The quantitative estimate of drug-likeness (QED) is 0.714. The van der Waals surface area contributed by atoms with E-state index < -0.39 is 0 Å². The third-order valence-corrected chi connectivity index (χ3v) is 3.06. The number of rotatable bonds is 3. The fraction of sp³-hybridized carbons (Fsp3) is 0.385. The van der Waals surface area contributed by atoms with Gasteiger partial charge in [0.25, 0.3) is 5.56 Å². The molecule has 0 atom stereocenters. The highest BCUT2D eigenvalue weighted by Crippen LogP contribution is 2.16. The zero-order chi connectivity index (χ0) is 14.3. The molecule has 0 radical (unpaired) electrons. The average molecular weight is 273 g/mol. The summed E-state index contributed by atoms with van der Waals surface area (Å²) < 4.78 is 8.29. The van der Waals surface area contributed by atoms with Crippen LogP contribution in [-0.4, -0.2) is 31.3 Å². The Morgan fingerprint density at radius 1 is 1.30 bits per heavy atom. The van der Waals surface area contributed by atoms with Crippen molar-refractivity contribution >= 4 is 16.8 Å². The maximum absolute atomic E-state index is 12.5. The van der Waals surface area contributed by atoms with E-state index in [1.54, 1.807) is 17.7 Å². The van der Waals surface area contributed by atoms with E-state index in [0.717, 1.165) is 5.52 Å². The molecule has 0 aliphatic heterocycles. The maximum atomic E-state index is 12.5. The smallest absolute Gasteiger partial charge is 0.296 e. The number of nitrogens with zero attached hydrogens (tertiary/aromatic N) is 5. The maximum Gasteiger partial charge on any atom is 0.296 e. The summed E-state index contributed by atoms with van der Waals surface area (Å²) in [6.07, 6.45) is 1.36. The van der Waals surface area contributed by atoms with E-state index in [-0.39, 0.29) is 11.2 Å². The van der Waals surface area contributed by atoms with Gasteiger partial charge in [0.2, 0.25) is 11.5 Å². The van der Waals surface area contributed by atoms with Gasteiger partial charge < -0.3 is 9.30 Å². The molecular formula is C13H15N5O2. The molecule has 3 aromatic rings. The summed E-state index contributed by atoms with van der Waals surface area (Å²) in [4.78, 5) is 20.9. The fourth-order valence-corrected chi connectivity index (χ4v) is 2.22. The Hall–Kier alpha value is -2.44. The lowest BCUT2D eigenvalue weighted by atomic mass is 10.2. The molecule has 3 aromatic heterocycles. The minimum Gasteiger partial charge on any atom is -0.481 e. The van der Waals surface area contributed by atoms with Gasteiger partial charge in [0.05, 0.1) is 12.6 Å². The van der Waals surface area contributed by atoms with Crippen molar-refractivity contribution in [1.29, 1.82) is 0 Å². The molecule has 0 amide bonds. The van der Waals surface area contributed by atoms with E-state index in [1.165, 1.54) is 10.8 Å². The van der Waals surface area contributed by atoms with Crippen molar-refractivity contribution in [2.45, 2.75) is 20.4 Å². The fourth-order valence-electron chi connectivity index (χ4n) is 2.22. The second-order valence-corrected chi connectivity index (χ2v) is 5.00. The summed E-state index contributed by atoms with van der Waals surface area (Å²) in [7, 11) is 1.55. The molecule has 0 saturated carbocycles. The molecule has 0 bridgehead atoms. The minimum atomic E-state index is -0.157. The second-order valence-electron chi connectivity index (χ2n) is 5.00. The van der Waals surface area contributed by atoms with E-state index in [0.29, 0.717) is 24.0 Å². The first-order valence-corrected chi connectivity index (χ1v) is 6.39. The first kappa shape index (κ1) is 12.6. The van der Waals surface area contributed by atoms with Crippen molar-refractivity contribution in [2.75, 3.05) is 7.11 Å². The zero-order valence-corrected chi connectivity index (χ0v) is 11.6. The lowest BCUT2D eigenvalue weighted by molar-refractivity contribution is 0.399. The van der Waals surface area contributed by atoms with Crippen LogP contribution in [0.25, 0.3) is 16.8 Å². The number of fused-ring (bicyclic) bond motifs is 3. The summed E-state index contributed by atoms with van der Waals surface area (Å²) in [6, 6.07) is 3.56. The molecule has 0 unspecified atom stereocenters. The lowest BCUT2D eigenvalue weighted by Crippen LogP contribution is -2.26. The predicted octanol–water partition coefficient (Wildman–Crippen LogP) is 1.10. The predicted molar refractivity (Wildman–Crippen MR) is 73.9 cm³/mol. The first-order chi connectivity index (χ1) is 9.61. The van der Waals surface area contributed by atoms with Crippen LogP contribution in [0.15, 0.2) is 23.3 Å². The normalized spacial score (nSPS) is 11.6. The van der Waals surface area contributed by atoms with Crippen molar-refractivity contribution in [2.24, 2.45) is 5.92 Å². The van der Waals surface area contributed by atoms with Crippen LogP contribution in [0.1, 0.15) is 13.8 Å². The average Bonchev–Trinajstić information content (AvgIpc) is 2.92. The van der Waals surface area contributed by atoms with Crippen LogP contribution in [0.5, 0.6) is 5.88 Å². The van der Waals surface area contributed by atoms with Crippen LogP contribution < -0.4 is 10.3 Å². The van der Waals surface area contributed by atoms with Crippen LogP contribution >= 0.6 is 0 Å². The Kier molecular flexibility index (Phi) is 2.89. The van der Waals surface area contributed by atoms with Gasteiger partial charge in [-0.1, -0.05) is 13.8 Å². The second kappa shape index (κ2) is 4.59. The Bertz CT molecular complexity index is 834. The highest BCUT2D eigenvalue weighted by molar-refractivity contribution is 5.74. The SMILES string of the molecule is COc1ccc2c(n1)n1ncnc1c(=O)n2CC(C)C. The largest absolute Gasteiger partial charge is 0.481 e. The van der Waals surface area contributed by atoms with Crippen molar-refractivity contribution in [1.82, 2.24) is 24.1 Å². The minimum absolute atomic E-state index is 0.157. The number of hydrogen-bond acceptors (Lipinski definition) is 5. The molecule has 0 aliphatic carbocycles. The van der Waals surface area contributed by atoms with Crippen LogP contribution in [0.3, 0.4) is 0 Å². The molecule has 0 saturated heterocycles. The molecule has 3 heterocycles. The van der Waals surface area contributed by atoms with Crippen LogP contribution in [0.2, 0.25) is 0 Å². The van der Waals surface area contributed by atoms with E-state index in [9.17, 15) is 4.79 Å². The van der Waals surface area contributed by atoms with Crippen molar-refractivity contribution in [3.8, 4) is 5.88 Å². The number of hydrogen-bond donors (Lipinski definition) is 0. The van der Waals surface area contributed by atoms with Gasteiger partial charge in [-0.2, -0.15) is 14.6 Å². The molecule has 104 valence electrons. The van der Waals surface area contributed by atoms with E-state index in [2.05, 4.69) is 28.9 Å². The van der Waals surface area contributed by atoms with Gasteiger partial charge in [0.1, 0.15) is 6.33 Å². The Balaban J connectivity index is 2.45. The monoisotopic (exact) mass is 273 g/mol. The molecule has 0 aromatic carbocycles. The molecule has 3 rings (SSSR count). The third-order valence-electron chi connectivity index (χ3n) is 3.06. The topological polar surface area (TPSA) is 74.3 Å². The summed E-state index contributed by atoms with van der Waals surface area (Å²) in [6.45, 7) is 4.72. The molecule has 7 heteroatoms. The molecule has 0 spiro atoms. The summed E-state index contributed by atoms with van der Waals surface area (Å²) in [5, 5.41) is 4.08. The Labute approximate surface area is 114 Å². The highest BCUT2D eigenvalue weighted by atomic mass is 16.5. The molecule has 7 nitrogen and oxygen atoms in total. The van der Waals surface area contributed by atoms with Gasteiger partial charge in [0, 0.05) is 12.6 Å². The number of pyridine rings is 1. The first-order valence-electron chi connectivity index (χ1n) is 6.39. The van der Waals surface area contributed by atoms with Gasteiger partial charge in [-0.15, -0.1) is 0 Å². The van der Waals surface area contributed by atoms with Crippen molar-refractivity contribution in [3.05, 3.63) is 28.8 Å². The summed E-state index contributed by atoms with van der Waals surface area (Å²) in [5.41, 5.74) is 1.41. The van der Waals surface area contributed by atoms with Crippen molar-refractivity contribution < 1.29 is 4.74 Å². The van der Waals surface area contributed by atoms with Gasteiger partial charge in [-0.3, -0.25) is 4.79 Å². The number of ether oxygens (including phenoxy) is 1. The van der Waals surface area contributed by atoms with Crippen LogP contribution in [0.4, 0.5) is 0 Å². The molecule has 0 N–H and O–H groups in total. The molecular weight excluding hydrogens is 258 g/mol. The lowest BCUT2D eigenvalue weighted by Gasteiger charge is -2.13. The van der Waals surface area contributed by atoms with Gasteiger partial charge in [-0.05, 0) is 12.0 Å². The van der Waals surface area contributed by atoms with E-state index >= 15 is 0 Å². The zero-order valence-electron chi connectivity index (χ0n) is 11.6. The summed E-state index contributed by atoms with van der Waals surface area (Å²) in [5.74, 6) is 0.812. The van der Waals surface area contributed by atoms with Gasteiger partial charge in [-0.25, -0.2) is 4.98 Å². The number of aromatic nitrogens is 5. The van der Waals surface area contributed by atoms with Crippen LogP contribution in [-0.2, 0) is 6.54 Å². The third kappa shape index (κ3) is 1.82. The molecule has 0 aliphatic rings. The van der Waals surface area contributed by atoms with Crippen molar-refractivity contribution in [3.63, 3.8) is 0 Å². The highest BCUT2D eigenvalue weighted by Gasteiger charge is 2.15. The molecule has 0 fully saturated rings. The molecule has 20 heavy (non-hydrogen) atoms. The van der Waals surface area contributed by atoms with Crippen LogP contribution in [0, 0.1) is 5.92 Å². The number of methoxy groups -OCH3 is 1. The summed E-state index contributed by atoms with van der Waals surface area (Å²) >= 11 is 0.